The highest BCUT2D eigenvalue weighted by Gasteiger charge is 2.21. The molecule has 76 valence electrons. The third kappa shape index (κ3) is 1.75. The van der Waals surface area contributed by atoms with Gasteiger partial charge in [-0.2, -0.15) is 0 Å². The van der Waals surface area contributed by atoms with E-state index >= 15 is 0 Å². The Bertz CT molecular complexity index is 377. The molecule has 1 atom stereocenters. The SMILES string of the molecule is Cc1ccc(C)c(C(N)C(=O)O)c1F. The van der Waals surface area contributed by atoms with Crippen LogP contribution in [-0.4, -0.2) is 11.1 Å². The first-order valence-corrected chi connectivity index (χ1v) is 4.19. The van der Waals surface area contributed by atoms with E-state index in [0.29, 0.717) is 11.1 Å². The van der Waals surface area contributed by atoms with E-state index in [2.05, 4.69) is 0 Å². The van der Waals surface area contributed by atoms with Gasteiger partial charge in [-0.3, -0.25) is 4.79 Å². The molecule has 0 aromatic heterocycles. The maximum absolute atomic E-state index is 13.5. The Morgan fingerprint density at radius 3 is 2.43 bits per heavy atom. The second-order valence-corrected chi connectivity index (χ2v) is 3.24. The van der Waals surface area contributed by atoms with Crippen LogP contribution in [0.15, 0.2) is 12.1 Å². The van der Waals surface area contributed by atoms with Gasteiger partial charge in [0.1, 0.15) is 11.9 Å². The summed E-state index contributed by atoms with van der Waals surface area (Å²) in [6.45, 7) is 3.22. The lowest BCUT2D eigenvalue weighted by Gasteiger charge is -2.12. The molecule has 3 N–H and O–H groups in total. The summed E-state index contributed by atoms with van der Waals surface area (Å²) in [5.41, 5.74) is 6.40. The normalized spacial score (nSPS) is 12.6. The predicted molar refractivity (Wildman–Crippen MR) is 50.4 cm³/mol. The summed E-state index contributed by atoms with van der Waals surface area (Å²) in [6, 6.07) is 1.97. The monoisotopic (exact) mass is 197 g/mol. The van der Waals surface area contributed by atoms with Gasteiger partial charge in [-0.1, -0.05) is 12.1 Å². The summed E-state index contributed by atoms with van der Waals surface area (Å²) in [5, 5.41) is 8.68. The quantitative estimate of drug-likeness (QED) is 0.755. The molecule has 1 aromatic carbocycles. The minimum atomic E-state index is -1.30. The lowest BCUT2D eigenvalue weighted by molar-refractivity contribution is -0.138. The molecule has 14 heavy (non-hydrogen) atoms. The zero-order valence-corrected chi connectivity index (χ0v) is 8.04. The van der Waals surface area contributed by atoms with Gasteiger partial charge in [-0.25, -0.2) is 4.39 Å². The molecule has 3 nitrogen and oxygen atoms in total. The van der Waals surface area contributed by atoms with E-state index in [1.165, 1.54) is 0 Å². The molecule has 0 aliphatic heterocycles. The average molecular weight is 197 g/mol. The van der Waals surface area contributed by atoms with Crippen LogP contribution in [0.2, 0.25) is 0 Å². The molecule has 0 aliphatic carbocycles. The van der Waals surface area contributed by atoms with E-state index in [4.69, 9.17) is 10.8 Å². The van der Waals surface area contributed by atoms with Crippen LogP contribution in [0.25, 0.3) is 0 Å². The first-order valence-electron chi connectivity index (χ1n) is 4.19. The van der Waals surface area contributed by atoms with Crippen LogP contribution in [0.4, 0.5) is 4.39 Å². The number of carboxylic acid groups (broad SMARTS) is 1. The van der Waals surface area contributed by atoms with Gasteiger partial charge in [-0.05, 0) is 25.0 Å². The predicted octanol–water partition coefficient (Wildman–Crippen LogP) is 1.53. The van der Waals surface area contributed by atoms with Crippen molar-refractivity contribution >= 4 is 5.97 Å². The highest BCUT2D eigenvalue weighted by atomic mass is 19.1. The number of aryl methyl sites for hydroxylation is 2. The fraction of sp³-hybridized carbons (Fsp3) is 0.300. The van der Waals surface area contributed by atoms with Crippen molar-refractivity contribution in [3.05, 3.63) is 34.6 Å². The van der Waals surface area contributed by atoms with E-state index < -0.39 is 17.8 Å². The number of carbonyl (C=O) groups is 1. The van der Waals surface area contributed by atoms with Crippen LogP contribution in [0, 0.1) is 19.7 Å². The maximum atomic E-state index is 13.5. The molecule has 0 radical (unpaired) electrons. The molecule has 0 spiro atoms. The van der Waals surface area contributed by atoms with Crippen molar-refractivity contribution in [2.75, 3.05) is 0 Å². The smallest absolute Gasteiger partial charge is 0.325 e. The average Bonchev–Trinajstić information content (AvgIpc) is 2.12. The number of benzene rings is 1. The molecule has 0 saturated heterocycles. The van der Waals surface area contributed by atoms with Crippen LogP contribution in [0.3, 0.4) is 0 Å². The molecule has 0 amide bonds. The van der Waals surface area contributed by atoms with Crippen molar-refractivity contribution in [2.24, 2.45) is 5.73 Å². The highest BCUT2D eigenvalue weighted by molar-refractivity contribution is 5.76. The molecular formula is C10H12FNO2. The van der Waals surface area contributed by atoms with Crippen LogP contribution >= 0.6 is 0 Å². The van der Waals surface area contributed by atoms with E-state index in [0.717, 1.165) is 0 Å². The summed E-state index contributed by atoms with van der Waals surface area (Å²) in [6.07, 6.45) is 0. The number of hydrogen-bond donors (Lipinski definition) is 2. The van der Waals surface area contributed by atoms with Crippen molar-refractivity contribution in [3.8, 4) is 0 Å². The molecule has 4 heteroatoms. The maximum Gasteiger partial charge on any atom is 0.325 e. The summed E-state index contributed by atoms with van der Waals surface area (Å²) in [5.74, 6) is -1.75. The highest BCUT2D eigenvalue weighted by Crippen LogP contribution is 2.22. The van der Waals surface area contributed by atoms with E-state index in [1.54, 1.807) is 26.0 Å². The van der Waals surface area contributed by atoms with Gasteiger partial charge in [-0.15, -0.1) is 0 Å². The molecule has 1 rings (SSSR count). The first-order chi connectivity index (χ1) is 6.45. The summed E-state index contributed by atoms with van der Waals surface area (Å²) >= 11 is 0. The number of carboxylic acids is 1. The second-order valence-electron chi connectivity index (χ2n) is 3.24. The Kier molecular flexibility index (Phi) is 2.86. The van der Waals surface area contributed by atoms with Gasteiger partial charge in [0.2, 0.25) is 0 Å². The van der Waals surface area contributed by atoms with E-state index in [1.807, 2.05) is 0 Å². The molecule has 0 fully saturated rings. The van der Waals surface area contributed by atoms with Crippen molar-refractivity contribution in [1.29, 1.82) is 0 Å². The molecule has 0 aliphatic rings. The van der Waals surface area contributed by atoms with Crippen molar-refractivity contribution in [1.82, 2.24) is 0 Å². The van der Waals surface area contributed by atoms with Crippen LogP contribution in [-0.2, 0) is 4.79 Å². The molecule has 0 bridgehead atoms. The van der Waals surface area contributed by atoms with Gasteiger partial charge >= 0.3 is 5.97 Å². The number of rotatable bonds is 2. The fourth-order valence-corrected chi connectivity index (χ4v) is 1.30. The number of nitrogens with two attached hydrogens (primary N) is 1. The van der Waals surface area contributed by atoms with E-state index in [9.17, 15) is 9.18 Å². The zero-order valence-electron chi connectivity index (χ0n) is 8.04. The Hall–Kier alpha value is -1.42. The summed E-state index contributed by atoms with van der Waals surface area (Å²) in [7, 11) is 0. The lowest BCUT2D eigenvalue weighted by atomic mass is 9.98. The zero-order chi connectivity index (χ0) is 10.9. The lowest BCUT2D eigenvalue weighted by Crippen LogP contribution is -2.23. The molecule has 1 aromatic rings. The van der Waals surface area contributed by atoms with Crippen molar-refractivity contribution in [2.45, 2.75) is 19.9 Å². The second kappa shape index (κ2) is 3.75. The number of halogens is 1. The fourth-order valence-electron chi connectivity index (χ4n) is 1.30. The summed E-state index contributed by atoms with van der Waals surface area (Å²) < 4.78 is 13.5. The van der Waals surface area contributed by atoms with Crippen LogP contribution in [0.1, 0.15) is 22.7 Å². The standard InChI is InChI=1S/C10H12FNO2/c1-5-3-4-6(2)8(11)7(5)9(12)10(13)14/h3-4,9H,12H2,1-2H3,(H,13,14). The Morgan fingerprint density at radius 1 is 1.43 bits per heavy atom. The van der Waals surface area contributed by atoms with E-state index in [-0.39, 0.29) is 5.56 Å². The Labute approximate surface area is 81.4 Å². The van der Waals surface area contributed by atoms with Gasteiger partial charge in [0.25, 0.3) is 0 Å². The third-order valence-corrected chi connectivity index (χ3v) is 2.17. The van der Waals surface area contributed by atoms with Gasteiger partial charge in [0, 0.05) is 5.56 Å². The number of aliphatic carboxylic acids is 1. The summed E-state index contributed by atoms with van der Waals surface area (Å²) in [4.78, 5) is 10.6. The Balaban J connectivity index is 3.32. The van der Waals surface area contributed by atoms with Gasteiger partial charge < -0.3 is 10.8 Å². The largest absolute Gasteiger partial charge is 0.480 e. The molecular weight excluding hydrogens is 185 g/mol. The van der Waals surface area contributed by atoms with Crippen molar-refractivity contribution < 1.29 is 14.3 Å². The van der Waals surface area contributed by atoms with Gasteiger partial charge in [0.15, 0.2) is 0 Å². The third-order valence-electron chi connectivity index (χ3n) is 2.17. The van der Waals surface area contributed by atoms with Gasteiger partial charge in [0.05, 0.1) is 0 Å². The minimum absolute atomic E-state index is 0.0671. The Morgan fingerprint density at radius 2 is 1.93 bits per heavy atom. The molecule has 1 unspecified atom stereocenters. The first kappa shape index (κ1) is 10.7. The minimum Gasteiger partial charge on any atom is -0.480 e. The topological polar surface area (TPSA) is 63.3 Å². The molecule has 0 saturated carbocycles. The number of hydrogen-bond acceptors (Lipinski definition) is 2. The van der Waals surface area contributed by atoms with Crippen LogP contribution in [0.5, 0.6) is 0 Å². The van der Waals surface area contributed by atoms with Crippen LogP contribution < -0.4 is 5.73 Å². The van der Waals surface area contributed by atoms with Crippen molar-refractivity contribution in [3.63, 3.8) is 0 Å². The molecule has 0 heterocycles.